The minimum absolute atomic E-state index is 0.253. The zero-order valence-corrected chi connectivity index (χ0v) is 9.83. The molecule has 0 saturated carbocycles. The molecule has 0 aliphatic carbocycles. The molecule has 0 aromatic rings. The van der Waals surface area contributed by atoms with E-state index in [0.29, 0.717) is 12.8 Å². The first-order chi connectivity index (χ1) is 6.34. The first-order valence-electron chi connectivity index (χ1n) is 5.37. The Morgan fingerprint density at radius 3 is 1.43 bits per heavy atom. The van der Waals surface area contributed by atoms with Crippen LogP contribution >= 0.6 is 0 Å². The lowest BCUT2D eigenvalue weighted by Gasteiger charge is -2.19. The van der Waals surface area contributed by atoms with Crippen molar-refractivity contribution in [3.8, 4) is 0 Å². The lowest BCUT2D eigenvalue weighted by Crippen LogP contribution is -2.19. The maximum absolute atomic E-state index is 9.61. The Bertz CT molecular complexity index is 155. The minimum Gasteiger partial charge on any atom is -0.393 e. The molecule has 0 bridgehead atoms. The van der Waals surface area contributed by atoms with Crippen molar-refractivity contribution in [1.82, 2.24) is 0 Å². The van der Waals surface area contributed by atoms with E-state index in [4.69, 9.17) is 0 Å². The predicted octanol–water partition coefficient (Wildman–Crippen LogP) is 2.36. The van der Waals surface area contributed by atoms with Crippen LogP contribution in [0.5, 0.6) is 0 Å². The van der Waals surface area contributed by atoms with Crippen LogP contribution in [0, 0.1) is 11.8 Å². The van der Waals surface area contributed by atoms with Gasteiger partial charge < -0.3 is 10.2 Å². The Kier molecular flexibility index (Phi) is 6.05. The van der Waals surface area contributed by atoms with E-state index in [0.717, 1.165) is 5.57 Å². The molecule has 0 aliphatic rings. The van der Waals surface area contributed by atoms with Gasteiger partial charge in [-0.2, -0.15) is 0 Å². The molecule has 0 saturated heterocycles. The highest BCUT2D eigenvalue weighted by Gasteiger charge is 2.15. The highest BCUT2D eigenvalue weighted by molar-refractivity contribution is 4.98. The van der Waals surface area contributed by atoms with Crippen molar-refractivity contribution in [2.75, 3.05) is 0 Å². The highest BCUT2D eigenvalue weighted by Crippen LogP contribution is 2.18. The SMILES string of the molecule is C=C(C[C@@H](O)C(C)C)C[C@H](O)C(C)C. The molecular weight excluding hydrogens is 176 g/mol. The van der Waals surface area contributed by atoms with Crippen molar-refractivity contribution in [3.63, 3.8) is 0 Å². The van der Waals surface area contributed by atoms with Gasteiger partial charge in [-0.25, -0.2) is 0 Å². The second-order valence-corrected chi connectivity index (χ2v) is 4.78. The maximum atomic E-state index is 9.61. The summed E-state index contributed by atoms with van der Waals surface area (Å²) in [5.41, 5.74) is 0.937. The van der Waals surface area contributed by atoms with E-state index in [2.05, 4.69) is 6.58 Å². The van der Waals surface area contributed by atoms with Gasteiger partial charge in [-0.15, -0.1) is 0 Å². The van der Waals surface area contributed by atoms with Gasteiger partial charge in [0.15, 0.2) is 0 Å². The van der Waals surface area contributed by atoms with Crippen molar-refractivity contribution in [2.24, 2.45) is 11.8 Å². The van der Waals surface area contributed by atoms with Crippen LogP contribution in [0.2, 0.25) is 0 Å². The number of hydrogen-bond donors (Lipinski definition) is 2. The average molecular weight is 200 g/mol. The number of hydrogen-bond acceptors (Lipinski definition) is 2. The predicted molar refractivity (Wildman–Crippen MR) is 60.1 cm³/mol. The molecule has 14 heavy (non-hydrogen) atoms. The lowest BCUT2D eigenvalue weighted by atomic mass is 9.94. The van der Waals surface area contributed by atoms with Gasteiger partial charge in [-0.05, 0) is 24.7 Å². The standard InChI is InChI=1S/C12H24O2/c1-8(2)11(13)6-10(5)7-12(14)9(3)4/h8-9,11-14H,5-7H2,1-4H3/t11-,12+. The molecule has 2 nitrogen and oxygen atoms in total. The van der Waals surface area contributed by atoms with Gasteiger partial charge in [0.2, 0.25) is 0 Å². The van der Waals surface area contributed by atoms with Gasteiger partial charge in [-0.1, -0.05) is 39.8 Å². The van der Waals surface area contributed by atoms with Crippen molar-refractivity contribution in [2.45, 2.75) is 52.7 Å². The van der Waals surface area contributed by atoms with Crippen molar-refractivity contribution in [3.05, 3.63) is 12.2 Å². The fourth-order valence-corrected chi connectivity index (χ4v) is 1.15. The Morgan fingerprint density at radius 1 is 0.929 bits per heavy atom. The molecule has 2 atom stereocenters. The third-order valence-corrected chi connectivity index (χ3v) is 2.53. The monoisotopic (exact) mass is 200 g/mol. The van der Waals surface area contributed by atoms with E-state index in [1.165, 1.54) is 0 Å². The smallest absolute Gasteiger partial charge is 0.0600 e. The Balaban J connectivity index is 3.87. The second-order valence-electron chi connectivity index (χ2n) is 4.78. The van der Waals surface area contributed by atoms with E-state index in [1.54, 1.807) is 0 Å². The molecule has 0 fully saturated rings. The van der Waals surface area contributed by atoms with Crippen LogP contribution in [-0.4, -0.2) is 22.4 Å². The first kappa shape index (κ1) is 13.7. The van der Waals surface area contributed by atoms with Crippen LogP contribution in [0.4, 0.5) is 0 Å². The third kappa shape index (κ3) is 5.40. The summed E-state index contributed by atoms with van der Waals surface area (Å²) < 4.78 is 0. The molecular formula is C12H24O2. The molecule has 0 heterocycles. The fraction of sp³-hybridized carbons (Fsp3) is 0.833. The minimum atomic E-state index is -0.332. The Morgan fingerprint density at radius 2 is 1.21 bits per heavy atom. The van der Waals surface area contributed by atoms with Crippen LogP contribution in [0.1, 0.15) is 40.5 Å². The van der Waals surface area contributed by atoms with Crippen LogP contribution in [0.25, 0.3) is 0 Å². The summed E-state index contributed by atoms with van der Waals surface area (Å²) in [6, 6.07) is 0. The quantitative estimate of drug-likeness (QED) is 0.646. The molecule has 0 rings (SSSR count). The van der Waals surface area contributed by atoms with Crippen molar-refractivity contribution >= 4 is 0 Å². The van der Waals surface area contributed by atoms with Crippen LogP contribution in [0.3, 0.4) is 0 Å². The van der Waals surface area contributed by atoms with E-state index in [9.17, 15) is 10.2 Å². The van der Waals surface area contributed by atoms with E-state index in [1.807, 2.05) is 27.7 Å². The molecule has 0 aliphatic heterocycles. The molecule has 2 N–H and O–H groups in total. The van der Waals surface area contributed by atoms with Gasteiger partial charge in [0.1, 0.15) is 0 Å². The first-order valence-corrected chi connectivity index (χ1v) is 5.37. The van der Waals surface area contributed by atoms with Crippen LogP contribution < -0.4 is 0 Å². The summed E-state index contributed by atoms with van der Waals surface area (Å²) in [7, 11) is 0. The molecule has 0 aromatic heterocycles. The largest absolute Gasteiger partial charge is 0.393 e. The summed E-state index contributed by atoms with van der Waals surface area (Å²) in [4.78, 5) is 0. The van der Waals surface area contributed by atoms with Crippen LogP contribution in [0.15, 0.2) is 12.2 Å². The highest BCUT2D eigenvalue weighted by atomic mass is 16.3. The molecule has 84 valence electrons. The lowest BCUT2D eigenvalue weighted by molar-refractivity contribution is 0.107. The van der Waals surface area contributed by atoms with Crippen LogP contribution in [-0.2, 0) is 0 Å². The third-order valence-electron chi connectivity index (χ3n) is 2.53. The molecule has 0 amide bonds. The molecule has 0 aromatic carbocycles. The zero-order chi connectivity index (χ0) is 11.3. The summed E-state index contributed by atoms with van der Waals surface area (Å²) in [5, 5.41) is 19.2. The number of aliphatic hydroxyl groups is 2. The zero-order valence-electron chi connectivity index (χ0n) is 9.83. The van der Waals surface area contributed by atoms with E-state index in [-0.39, 0.29) is 24.0 Å². The van der Waals surface area contributed by atoms with Crippen molar-refractivity contribution in [1.29, 1.82) is 0 Å². The number of aliphatic hydroxyl groups excluding tert-OH is 2. The Labute approximate surface area is 87.7 Å². The normalized spacial score (nSPS) is 16.0. The Hall–Kier alpha value is -0.340. The van der Waals surface area contributed by atoms with Crippen molar-refractivity contribution < 1.29 is 10.2 Å². The second kappa shape index (κ2) is 6.20. The van der Waals surface area contributed by atoms with Gasteiger partial charge in [0.25, 0.3) is 0 Å². The molecule has 0 radical (unpaired) electrons. The van der Waals surface area contributed by atoms with Gasteiger partial charge >= 0.3 is 0 Å². The van der Waals surface area contributed by atoms with E-state index >= 15 is 0 Å². The topological polar surface area (TPSA) is 40.5 Å². The molecule has 2 heteroatoms. The molecule has 0 unspecified atom stereocenters. The summed E-state index contributed by atoms with van der Waals surface area (Å²) >= 11 is 0. The summed E-state index contributed by atoms with van der Waals surface area (Å²) in [6.07, 6.45) is 0.534. The average Bonchev–Trinajstić information content (AvgIpc) is 2.03. The summed E-state index contributed by atoms with van der Waals surface area (Å²) in [5.74, 6) is 0.505. The van der Waals surface area contributed by atoms with Gasteiger partial charge in [-0.3, -0.25) is 0 Å². The number of rotatable bonds is 6. The maximum Gasteiger partial charge on any atom is 0.0600 e. The van der Waals surface area contributed by atoms with Gasteiger partial charge in [0.05, 0.1) is 12.2 Å². The van der Waals surface area contributed by atoms with E-state index < -0.39 is 0 Å². The van der Waals surface area contributed by atoms with Gasteiger partial charge in [0, 0.05) is 0 Å². The fourth-order valence-electron chi connectivity index (χ4n) is 1.15. The molecule has 0 spiro atoms. The summed E-state index contributed by atoms with van der Waals surface area (Å²) in [6.45, 7) is 11.8.